The molecule has 0 aliphatic heterocycles. The summed E-state index contributed by atoms with van der Waals surface area (Å²) in [5, 5.41) is 12.0. The standard InChI is InChI=1S/C23H22Cl2N2O4S2/c1-15(9-16-10-18(12-26)23(20(25)11-16)30-8-7-24)17-3-5-19(6-4-17)31-13-21-27-22(14-32-21)33(2,28)29/h3-6,10-11,14-15H,7-9,13H2,1-2H3/t15-/m1/s1. The number of thiazole rings is 1. The fourth-order valence-electron chi connectivity index (χ4n) is 3.18. The number of rotatable bonds is 10. The molecule has 0 radical (unpaired) electrons. The predicted octanol–water partition coefficient (Wildman–Crippen LogP) is 5.61. The number of aromatic nitrogens is 1. The molecular weight excluding hydrogens is 503 g/mol. The third kappa shape index (κ3) is 6.84. The van der Waals surface area contributed by atoms with Crippen molar-refractivity contribution in [2.45, 2.75) is 30.9 Å². The first-order chi connectivity index (χ1) is 15.7. The van der Waals surface area contributed by atoms with Crippen LogP contribution in [0.5, 0.6) is 11.5 Å². The van der Waals surface area contributed by atoms with E-state index < -0.39 is 9.84 Å². The van der Waals surface area contributed by atoms with Crippen molar-refractivity contribution in [3.8, 4) is 17.6 Å². The van der Waals surface area contributed by atoms with Gasteiger partial charge in [0.25, 0.3) is 0 Å². The van der Waals surface area contributed by atoms with E-state index in [1.165, 1.54) is 16.7 Å². The van der Waals surface area contributed by atoms with Crippen LogP contribution in [0.15, 0.2) is 46.8 Å². The lowest BCUT2D eigenvalue weighted by Gasteiger charge is -2.15. The molecule has 2 aromatic carbocycles. The average Bonchev–Trinajstić information content (AvgIpc) is 3.27. The van der Waals surface area contributed by atoms with Crippen molar-refractivity contribution in [3.63, 3.8) is 0 Å². The first kappa shape index (κ1) is 25.3. The predicted molar refractivity (Wildman–Crippen MR) is 130 cm³/mol. The van der Waals surface area contributed by atoms with Crippen LogP contribution in [0.2, 0.25) is 5.02 Å². The van der Waals surface area contributed by atoms with E-state index in [9.17, 15) is 13.7 Å². The van der Waals surface area contributed by atoms with Crippen LogP contribution in [0.25, 0.3) is 0 Å². The van der Waals surface area contributed by atoms with Crippen LogP contribution in [0.4, 0.5) is 0 Å². The zero-order chi connectivity index (χ0) is 24.0. The Labute approximate surface area is 207 Å². The third-order valence-electron chi connectivity index (χ3n) is 4.81. The lowest BCUT2D eigenvalue weighted by Crippen LogP contribution is -2.03. The highest BCUT2D eigenvalue weighted by molar-refractivity contribution is 7.90. The summed E-state index contributed by atoms with van der Waals surface area (Å²) in [5.74, 6) is 1.51. The monoisotopic (exact) mass is 524 g/mol. The summed E-state index contributed by atoms with van der Waals surface area (Å²) in [6.45, 7) is 2.57. The van der Waals surface area contributed by atoms with Crippen molar-refractivity contribution in [2.75, 3.05) is 18.7 Å². The Kier molecular flexibility index (Phi) is 8.60. The SMILES string of the molecule is C[C@H](Cc1cc(Cl)c(OCCCl)c(C#N)c1)c1ccc(OCc2nc(S(C)(=O)=O)cs2)cc1. The number of benzene rings is 2. The fourth-order valence-corrected chi connectivity index (χ4v) is 5.30. The zero-order valence-electron chi connectivity index (χ0n) is 18.0. The molecule has 0 saturated carbocycles. The van der Waals surface area contributed by atoms with Gasteiger partial charge >= 0.3 is 0 Å². The van der Waals surface area contributed by atoms with Crippen molar-refractivity contribution in [2.24, 2.45) is 0 Å². The normalized spacial score (nSPS) is 12.2. The smallest absolute Gasteiger partial charge is 0.193 e. The maximum Gasteiger partial charge on any atom is 0.193 e. The second kappa shape index (κ2) is 11.2. The first-order valence-corrected chi connectivity index (χ1v) is 13.7. The summed E-state index contributed by atoms with van der Waals surface area (Å²) in [7, 11) is -3.31. The molecule has 1 heterocycles. The lowest BCUT2D eigenvalue weighted by molar-refractivity contribution is 0.305. The summed E-state index contributed by atoms with van der Waals surface area (Å²) in [6, 6.07) is 13.4. The Bertz CT molecular complexity index is 1250. The Morgan fingerprint density at radius 1 is 1.21 bits per heavy atom. The maximum atomic E-state index is 11.5. The molecule has 6 nitrogen and oxygen atoms in total. The Balaban J connectivity index is 1.63. The van der Waals surface area contributed by atoms with Gasteiger partial charge < -0.3 is 9.47 Å². The summed E-state index contributed by atoms with van der Waals surface area (Å²) in [6.07, 6.45) is 1.82. The van der Waals surface area contributed by atoms with Gasteiger partial charge in [0.15, 0.2) is 20.6 Å². The number of nitriles is 1. The number of hydrogen-bond donors (Lipinski definition) is 0. The van der Waals surface area contributed by atoms with Crippen LogP contribution in [0.3, 0.4) is 0 Å². The van der Waals surface area contributed by atoms with Gasteiger partial charge in [-0.25, -0.2) is 13.4 Å². The Morgan fingerprint density at radius 2 is 1.94 bits per heavy atom. The van der Waals surface area contributed by atoms with E-state index in [4.69, 9.17) is 32.7 Å². The zero-order valence-corrected chi connectivity index (χ0v) is 21.2. The highest BCUT2D eigenvalue weighted by Crippen LogP contribution is 2.32. The van der Waals surface area contributed by atoms with E-state index >= 15 is 0 Å². The van der Waals surface area contributed by atoms with E-state index in [0.717, 1.165) is 17.4 Å². The number of hydrogen-bond acceptors (Lipinski definition) is 7. The van der Waals surface area contributed by atoms with Crippen LogP contribution < -0.4 is 9.47 Å². The molecule has 0 spiro atoms. The summed E-state index contributed by atoms with van der Waals surface area (Å²) in [4.78, 5) is 4.09. The van der Waals surface area contributed by atoms with Crippen LogP contribution in [0, 0.1) is 11.3 Å². The first-order valence-electron chi connectivity index (χ1n) is 9.99. The Morgan fingerprint density at radius 3 is 2.55 bits per heavy atom. The van der Waals surface area contributed by atoms with Gasteiger partial charge in [-0.2, -0.15) is 5.26 Å². The molecule has 174 valence electrons. The molecule has 10 heteroatoms. The Hall–Kier alpha value is -2.31. The van der Waals surface area contributed by atoms with Crippen molar-refractivity contribution >= 4 is 44.4 Å². The quantitative estimate of drug-likeness (QED) is 0.320. The van der Waals surface area contributed by atoms with Crippen LogP contribution in [-0.4, -0.2) is 32.1 Å². The number of alkyl halides is 1. The molecule has 0 aliphatic carbocycles. The number of sulfone groups is 1. The van der Waals surface area contributed by atoms with Gasteiger partial charge in [0, 0.05) is 11.6 Å². The van der Waals surface area contributed by atoms with Gasteiger partial charge in [-0.1, -0.05) is 30.7 Å². The van der Waals surface area contributed by atoms with E-state index in [0.29, 0.717) is 39.4 Å². The molecule has 3 rings (SSSR count). The van der Waals surface area contributed by atoms with E-state index in [2.05, 4.69) is 18.0 Å². The van der Waals surface area contributed by atoms with E-state index in [1.54, 1.807) is 6.07 Å². The van der Waals surface area contributed by atoms with Gasteiger partial charge in [-0.05, 0) is 47.7 Å². The highest BCUT2D eigenvalue weighted by Gasteiger charge is 2.15. The third-order valence-corrected chi connectivity index (χ3v) is 7.19. The van der Waals surface area contributed by atoms with Gasteiger partial charge in [-0.15, -0.1) is 22.9 Å². The minimum absolute atomic E-state index is 0.0635. The molecule has 0 saturated heterocycles. The minimum Gasteiger partial charge on any atom is -0.489 e. The lowest BCUT2D eigenvalue weighted by atomic mass is 9.93. The number of ether oxygens (including phenoxy) is 2. The van der Waals surface area contributed by atoms with Crippen molar-refractivity contribution in [1.82, 2.24) is 4.98 Å². The summed E-state index contributed by atoms with van der Waals surface area (Å²) in [5.41, 5.74) is 2.43. The summed E-state index contributed by atoms with van der Waals surface area (Å²) < 4.78 is 34.3. The molecule has 0 amide bonds. The molecule has 1 atom stereocenters. The topological polar surface area (TPSA) is 89.3 Å². The molecule has 0 N–H and O–H groups in total. The van der Waals surface area contributed by atoms with Crippen molar-refractivity contribution < 1.29 is 17.9 Å². The summed E-state index contributed by atoms with van der Waals surface area (Å²) >= 11 is 13.2. The van der Waals surface area contributed by atoms with Gasteiger partial charge in [0.2, 0.25) is 0 Å². The van der Waals surface area contributed by atoms with Gasteiger partial charge in [0.1, 0.15) is 30.0 Å². The molecule has 0 bridgehead atoms. The largest absolute Gasteiger partial charge is 0.489 e. The van der Waals surface area contributed by atoms with Crippen LogP contribution in [0.1, 0.15) is 34.5 Å². The van der Waals surface area contributed by atoms with Gasteiger partial charge in [0.05, 0.1) is 16.5 Å². The van der Waals surface area contributed by atoms with E-state index in [1.807, 2.05) is 30.3 Å². The molecule has 0 unspecified atom stereocenters. The average molecular weight is 525 g/mol. The van der Waals surface area contributed by atoms with Crippen molar-refractivity contribution in [1.29, 1.82) is 5.26 Å². The molecule has 0 fully saturated rings. The fraction of sp³-hybridized carbons (Fsp3) is 0.304. The number of nitrogens with zero attached hydrogens (tertiary/aromatic N) is 2. The molecule has 3 aromatic rings. The second-order valence-corrected chi connectivity index (χ2v) is 11.1. The van der Waals surface area contributed by atoms with Crippen molar-refractivity contribution in [3.05, 3.63) is 68.5 Å². The van der Waals surface area contributed by atoms with Crippen LogP contribution >= 0.6 is 34.5 Å². The van der Waals surface area contributed by atoms with Crippen LogP contribution in [-0.2, 0) is 22.9 Å². The number of halogens is 2. The maximum absolute atomic E-state index is 11.5. The minimum atomic E-state index is -3.31. The molecule has 0 aliphatic rings. The highest BCUT2D eigenvalue weighted by atomic mass is 35.5. The molecule has 33 heavy (non-hydrogen) atoms. The van der Waals surface area contributed by atoms with Gasteiger partial charge in [-0.3, -0.25) is 0 Å². The second-order valence-electron chi connectivity index (χ2n) is 7.42. The molecular formula is C23H22Cl2N2O4S2. The molecule has 1 aromatic heterocycles. The van der Waals surface area contributed by atoms with E-state index in [-0.39, 0.29) is 24.2 Å².